The lowest BCUT2D eigenvalue weighted by atomic mass is 10.1. The largest absolute Gasteiger partial charge is 0.381 e. The SMILES string of the molecule is CC(C)c1nc(C2CCOC2)nc(Cl)c1Br. The zero-order chi connectivity index (χ0) is 11.7. The Bertz CT molecular complexity index is 392. The van der Waals surface area contributed by atoms with Crippen molar-refractivity contribution in [3.63, 3.8) is 0 Å². The average molecular weight is 306 g/mol. The Labute approximate surface area is 109 Å². The van der Waals surface area contributed by atoms with Crippen LogP contribution < -0.4 is 0 Å². The van der Waals surface area contributed by atoms with Crippen LogP contribution in [0.5, 0.6) is 0 Å². The second-order valence-corrected chi connectivity index (χ2v) is 5.44. The lowest BCUT2D eigenvalue weighted by Gasteiger charge is -2.13. The first-order chi connectivity index (χ1) is 7.59. The molecule has 0 aliphatic carbocycles. The number of hydrogen-bond acceptors (Lipinski definition) is 3. The Morgan fingerprint density at radius 2 is 2.19 bits per heavy atom. The van der Waals surface area contributed by atoms with Gasteiger partial charge >= 0.3 is 0 Å². The molecule has 0 N–H and O–H groups in total. The third-order valence-electron chi connectivity index (χ3n) is 2.70. The highest BCUT2D eigenvalue weighted by Gasteiger charge is 2.23. The number of rotatable bonds is 2. The molecule has 0 saturated carbocycles. The Hall–Kier alpha value is -0.190. The molecule has 1 fully saturated rings. The number of aromatic nitrogens is 2. The van der Waals surface area contributed by atoms with Crippen LogP contribution in [0, 0.1) is 0 Å². The van der Waals surface area contributed by atoms with Crippen molar-refractivity contribution in [3.8, 4) is 0 Å². The van der Waals surface area contributed by atoms with Crippen LogP contribution in [0.1, 0.15) is 43.6 Å². The summed E-state index contributed by atoms with van der Waals surface area (Å²) in [6.07, 6.45) is 0.982. The summed E-state index contributed by atoms with van der Waals surface area (Å²) >= 11 is 9.54. The molecular formula is C11H14BrClN2O. The summed E-state index contributed by atoms with van der Waals surface area (Å²) in [6.45, 7) is 5.69. The summed E-state index contributed by atoms with van der Waals surface area (Å²) in [4.78, 5) is 8.92. The zero-order valence-electron chi connectivity index (χ0n) is 9.33. The van der Waals surface area contributed by atoms with E-state index >= 15 is 0 Å². The summed E-state index contributed by atoms with van der Waals surface area (Å²) in [7, 11) is 0. The molecule has 2 heterocycles. The summed E-state index contributed by atoms with van der Waals surface area (Å²) in [5.41, 5.74) is 0.974. The van der Waals surface area contributed by atoms with E-state index in [0.717, 1.165) is 29.0 Å². The van der Waals surface area contributed by atoms with Gasteiger partial charge in [-0.15, -0.1) is 0 Å². The van der Waals surface area contributed by atoms with E-state index in [-0.39, 0.29) is 0 Å². The summed E-state index contributed by atoms with van der Waals surface area (Å²) in [5.74, 6) is 1.44. The van der Waals surface area contributed by atoms with Gasteiger partial charge in [-0.25, -0.2) is 9.97 Å². The standard InChI is InChI=1S/C11H14BrClN2O/c1-6(2)9-8(12)10(13)15-11(14-9)7-3-4-16-5-7/h6-7H,3-5H2,1-2H3. The molecule has 0 aromatic carbocycles. The molecule has 1 atom stereocenters. The molecule has 1 aliphatic heterocycles. The fraction of sp³-hybridized carbons (Fsp3) is 0.636. The van der Waals surface area contributed by atoms with Crippen LogP contribution in [0.3, 0.4) is 0 Å². The van der Waals surface area contributed by atoms with Crippen LogP contribution in [-0.2, 0) is 4.74 Å². The highest BCUT2D eigenvalue weighted by molar-refractivity contribution is 9.10. The number of ether oxygens (including phenoxy) is 1. The fourth-order valence-electron chi connectivity index (χ4n) is 1.76. The maximum atomic E-state index is 6.10. The number of nitrogens with zero attached hydrogens (tertiary/aromatic N) is 2. The zero-order valence-corrected chi connectivity index (χ0v) is 11.7. The molecule has 0 spiro atoms. The van der Waals surface area contributed by atoms with E-state index < -0.39 is 0 Å². The topological polar surface area (TPSA) is 35.0 Å². The Morgan fingerprint density at radius 1 is 1.44 bits per heavy atom. The van der Waals surface area contributed by atoms with E-state index in [1.807, 2.05) is 0 Å². The summed E-state index contributed by atoms with van der Waals surface area (Å²) in [5, 5.41) is 0.501. The predicted molar refractivity (Wildman–Crippen MR) is 67.0 cm³/mol. The van der Waals surface area contributed by atoms with Gasteiger partial charge in [-0.1, -0.05) is 25.4 Å². The molecule has 5 heteroatoms. The van der Waals surface area contributed by atoms with Crippen LogP contribution in [-0.4, -0.2) is 23.2 Å². The van der Waals surface area contributed by atoms with Crippen molar-refractivity contribution in [2.45, 2.75) is 32.1 Å². The van der Waals surface area contributed by atoms with Crippen LogP contribution >= 0.6 is 27.5 Å². The first kappa shape index (κ1) is 12.3. The quantitative estimate of drug-likeness (QED) is 0.784. The van der Waals surface area contributed by atoms with Gasteiger partial charge in [0.15, 0.2) is 0 Å². The Kier molecular flexibility index (Phi) is 3.82. The van der Waals surface area contributed by atoms with Crippen molar-refractivity contribution in [1.82, 2.24) is 9.97 Å². The minimum absolute atomic E-state index is 0.295. The highest BCUT2D eigenvalue weighted by atomic mass is 79.9. The van der Waals surface area contributed by atoms with Crippen molar-refractivity contribution in [2.75, 3.05) is 13.2 Å². The van der Waals surface area contributed by atoms with Crippen molar-refractivity contribution >= 4 is 27.5 Å². The van der Waals surface area contributed by atoms with Crippen LogP contribution in [0.25, 0.3) is 0 Å². The maximum absolute atomic E-state index is 6.10. The maximum Gasteiger partial charge on any atom is 0.147 e. The lowest BCUT2D eigenvalue weighted by Crippen LogP contribution is -2.08. The molecule has 0 amide bonds. The van der Waals surface area contributed by atoms with Gasteiger partial charge in [-0.05, 0) is 28.3 Å². The molecule has 0 radical (unpaired) electrons. The van der Waals surface area contributed by atoms with Gasteiger partial charge in [0.1, 0.15) is 11.0 Å². The van der Waals surface area contributed by atoms with E-state index in [0.29, 0.717) is 23.6 Å². The van der Waals surface area contributed by atoms with Gasteiger partial charge in [0, 0.05) is 12.5 Å². The molecule has 2 rings (SSSR count). The summed E-state index contributed by atoms with van der Waals surface area (Å²) in [6, 6.07) is 0. The monoisotopic (exact) mass is 304 g/mol. The molecule has 1 saturated heterocycles. The molecule has 1 aromatic heterocycles. The lowest BCUT2D eigenvalue weighted by molar-refractivity contribution is 0.193. The molecule has 1 aliphatic rings. The Balaban J connectivity index is 2.39. The van der Waals surface area contributed by atoms with Crippen molar-refractivity contribution < 1.29 is 4.74 Å². The van der Waals surface area contributed by atoms with E-state index in [2.05, 4.69) is 39.7 Å². The molecule has 1 unspecified atom stereocenters. The second-order valence-electron chi connectivity index (χ2n) is 4.29. The van der Waals surface area contributed by atoms with Gasteiger partial charge in [0.05, 0.1) is 16.8 Å². The molecule has 1 aromatic rings. The third kappa shape index (κ3) is 2.39. The minimum atomic E-state index is 0.295. The highest BCUT2D eigenvalue weighted by Crippen LogP contribution is 2.31. The predicted octanol–water partition coefficient (Wildman–Crippen LogP) is 3.52. The van der Waals surface area contributed by atoms with Crippen molar-refractivity contribution in [3.05, 3.63) is 21.1 Å². The molecule has 0 bridgehead atoms. The molecule has 16 heavy (non-hydrogen) atoms. The van der Waals surface area contributed by atoms with Gasteiger partial charge in [-0.2, -0.15) is 0 Å². The van der Waals surface area contributed by atoms with Crippen LogP contribution in [0.4, 0.5) is 0 Å². The normalized spacial score (nSPS) is 20.7. The first-order valence-electron chi connectivity index (χ1n) is 5.40. The van der Waals surface area contributed by atoms with E-state index in [4.69, 9.17) is 16.3 Å². The Morgan fingerprint density at radius 3 is 2.75 bits per heavy atom. The van der Waals surface area contributed by atoms with Gasteiger partial charge in [0.25, 0.3) is 0 Å². The van der Waals surface area contributed by atoms with Gasteiger partial charge in [-0.3, -0.25) is 0 Å². The average Bonchev–Trinajstić information content (AvgIpc) is 2.74. The molecule has 88 valence electrons. The van der Waals surface area contributed by atoms with Crippen LogP contribution in [0.15, 0.2) is 4.47 Å². The van der Waals surface area contributed by atoms with Gasteiger partial charge < -0.3 is 4.74 Å². The number of hydrogen-bond donors (Lipinski definition) is 0. The van der Waals surface area contributed by atoms with Crippen LogP contribution in [0.2, 0.25) is 5.15 Å². The molecular weight excluding hydrogens is 291 g/mol. The van der Waals surface area contributed by atoms with E-state index in [1.165, 1.54) is 0 Å². The van der Waals surface area contributed by atoms with E-state index in [9.17, 15) is 0 Å². The first-order valence-corrected chi connectivity index (χ1v) is 6.57. The third-order valence-corrected chi connectivity index (χ3v) is 3.98. The van der Waals surface area contributed by atoms with Crippen molar-refractivity contribution in [2.24, 2.45) is 0 Å². The molecule has 3 nitrogen and oxygen atoms in total. The minimum Gasteiger partial charge on any atom is -0.381 e. The fourth-order valence-corrected chi connectivity index (χ4v) is 2.57. The van der Waals surface area contributed by atoms with E-state index in [1.54, 1.807) is 0 Å². The second kappa shape index (κ2) is 4.98. The number of halogens is 2. The smallest absolute Gasteiger partial charge is 0.147 e. The van der Waals surface area contributed by atoms with Crippen molar-refractivity contribution in [1.29, 1.82) is 0 Å². The van der Waals surface area contributed by atoms with Gasteiger partial charge in [0.2, 0.25) is 0 Å². The summed E-state index contributed by atoms with van der Waals surface area (Å²) < 4.78 is 6.16.